The molecule has 5 nitrogen and oxygen atoms in total. The zero-order valence-corrected chi connectivity index (χ0v) is 14.9. The molecule has 0 aromatic rings. The first kappa shape index (κ1) is 19.4. The number of hydrogen-bond acceptors (Lipinski definition) is 5. The van der Waals surface area contributed by atoms with Crippen LogP contribution in [0, 0.1) is 0 Å². The van der Waals surface area contributed by atoms with Crippen LogP contribution in [0.4, 0.5) is 0 Å². The second-order valence-corrected chi connectivity index (χ2v) is 5.75. The summed E-state index contributed by atoms with van der Waals surface area (Å²) in [6.07, 6.45) is 8.29. The molecule has 0 spiro atoms. The third-order valence-corrected chi connectivity index (χ3v) is 3.83. The van der Waals surface area contributed by atoms with Crippen molar-refractivity contribution in [3.8, 4) is 0 Å². The highest BCUT2D eigenvalue weighted by atomic mass is 16.5. The monoisotopic (exact) mass is 322 g/mol. The number of carbonyl (C=O) groups is 1. The van der Waals surface area contributed by atoms with E-state index in [9.17, 15) is 4.79 Å². The van der Waals surface area contributed by atoms with Crippen molar-refractivity contribution in [2.24, 2.45) is 4.99 Å². The molecule has 0 saturated carbocycles. The number of carbonyl (C=O) groups excluding carboxylic acids is 1. The molecule has 1 rings (SSSR count). The third-order valence-electron chi connectivity index (χ3n) is 3.83. The van der Waals surface area contributed by atoms with E-state index in [-0.39, 0.29) is 12.1 Å². The van der Waals surface area contributed by atoms with Gasteiger partial charge in [-0.2, -0.15) is 0 Å². The van der Waals surface area contributed by atoms with Crippen molar-refractivity contribution in [1.29, 1.82) is 0 Å². The van der Waals surface area contributed by atoms with E-state index >= 15 is 0 Å². The topological polar surface area (TPSA) is 59.9 Å². The predicted molar refractivity (Wildman–Crippen MR) is 93.7 cm³/mol. The summed E-state index contributed by atoms with van der Waals surface area (Å²) in [5.74, 6) is -0.281. The molecule has 0 bridgehead atoms. The van der Waals surface area contributed by atoms with E-state index in [1.165, 1.54) is 5.70 Å². The van der Waals surface area contributed by atoms with Gasteiger partial charge >= 0.3 is 5.97 Å². The second-order valence-electron chi connectivity index (χ2n) is 5.75. The smallest absolute Gasteiger partial charge is 0.340 e. The van der Waals surface area contributed by atoms with Crippen LogP contribution in [0.1, 0.15) is 46.0 Å². The first-order valence-electron chi connectivity index (χ1n) is 8.42. The lowest BCUT2D eigenvalue weighted by Gasteiger charge is -2.19. The zero-order valence-electron chi connectivity index (χ0n) is 14.9. The van der Waals surface area contributed by atoms with Gasteiger partial charge in [0.2, 0.25) is 0 Å². The Morgan fingerprint density at radius 3 is 2.91 bits per heavy atom. The largest absolute Gasteiger partial charge is 0.459 e. The molecule has 1 aliphatic rings. The van der Waals surface area contributed by atoms with Gasteiger partial charge in [-0.15, -0.1) is 0 Å². The van der Waals surface area contributed by atoms with Crippen molar-refractivity contribution in [1.82, 2.24) is 5.32 Å². The van der Waals surface area contributed by atoms with E-state index in [0.717, 1.165) is 50.8 Å². The molecule has 0 aromatic carbocycles. The zero-order chi connectivity index (χ0) is 17.1. The molecular weight excluding hydrogens is 292 g/mol. The molecule has 0 radical (unpaired) electrons. The Bertz CT molecular complexity index is 467. The van der Waals surface area contributed by atoms with Crippen molar-refractivity contribution >= 4 is 12.2 Å². The summed E-state index contributed by atoms with van der Waals surface area (Å²) in [7, 11) is 3.38. The summed E-state index contributed by atoms with van der Waals surface area (Å²) in [4.78, 5) is 16.4. The lowest BCUT2D eigenvalue weighted by molar-refractivity contribution is -0.142. The maximum absolute atomic E-state index is 12.4. The third kappa shape index (κ3) is 6.99. The normalized spacial score (nSPS) is 18.5. The molecule has 0 saturated heterocycles. The lowest BCUT2D eigenvalue weighted by Crippen LogP contribution is -2.21. The van der Waals surface area contributed by atoms with E-state index in [0.29, 0.717) is 5.57 Å². The maximum Gasteiger partial charge on any atom is 0.340 e. The van der Waals surface area contributed by atoms with Gasteiger partial charge in [-0.05, 0) is 50.7 Å². The number of nitrogens with one attached hydrogen (secondary N) is 1. The van der Waals surface area contributed by atoms with Gasteiger partial charge in [-0.3, -0.25) is 4.99 Å². The van der Waals surface area contributed by atoms with Gasteiger partial charge < -0.3 is 14.8 Å². The second kappa shape index (κ2) is 11.0. The molecule has 23 heavy (non-hydrogen) atoms. The highest BCUT2D eigenvalue weighted by Crippen LogP contribution is 2.24. The molecule has 0 aromatic heterocycles. The molecule has 5 heteroatoms. The number of hydrogen-bond donors (Lipinski definition) is 1. The molecule has 0 aliphatic heterocycles. The van der Waals surface area contributed by atoms with Crippen LogP contribution in [0.15, 0.2) is 27.9 Å². The number of nitrogens with zero attached hydrogens (tertiary/aromatic N) is 1. The fourth-order valence-electron chi connectivity index (χ4n) is 2.37. The fraction of sp³-hybridized carbons (Fsp3) is 0.667. The van der Waals surface area contributed by atoms with E-state index in [1.807, 2.05) is 13.8 Å². The molecule has 1 unspecified atom stereocenters. The Labute approximate surface area is 139 Å². The lowest BCUT2D eigenvalue weighted by atomic mass is 9.95. The van der Waals surface area contributed by atoms with Crippen LogP contribution in [0.2, 0.25) is 0 Å². The van der Waals surface area contributed by atoms with Crippen molar-refractivity contribution < 1.29 is 14.3 Å². The number of rotatable bonds is 9. The van der Waals surface area contributed by atoms with Gasteiger partial charge in [0.25, 0.3) is 0 Å². The van der Waals surface area contributed by atoms with Gasteiger partial charge in [-0.1, -0.05) is 6.92 Å². The van der Waals surface area contributed by atoms with Crippen molar-refractivity contribution in [3.63, 3.8) is 0 Å². The Morgan fingerprint density at radius 1 is 1.48 bits per heavy atom. The van der Waals surface area contributed by atoms with Crippen molar-refractivity contribution in [3.05, 3.63) is 22.9 Å². The minimum Gasteiger partial charge on any atom is -0.459 e. The highest BCUT2D eigenvalue weighted by molar-refractivity contribution is 6.10. The van der Waals surface area contributed by atoms with E-state index in [1.54, 1.807) is 20.4 Å². The average molecular weight is 322 g/mol. The van der Waals surface area contributed by atoms with Crippen LogP contribution in [-0.4, -0.2) is 45.6 Å². The van der Waals surface area contributed by atoms with E-state index in [4.69, 9.17) is 9.47 Å². The van der Waals surface area contributed by atoms with Gasteiger partial charge in [0, 0.05) is 39.2 Å². The SMILES string of the molecule is CCC(C)OC(=O)C(/C=N\C)=C1\C=C(NCCCOC)CCC1. The minimum absolute atomic E-state index is 0.0810. The van der Waals surface area contributed by atoms with Gasteiger partial charge in [0.1, 0.15) is 0 Å². The Hall–Kier alpha value is -1.62. The Morgan fingerprint density at radius 2 is 2.26 bits per heavy atom. The molecule has 1 atom stereocenters. The average Bonchev–Trinajstić information content (AvgIpc) is 2.56. The van der Waals surface area contributed by atoms with Crippen LogP contribution in [-0.2, 0) is 14.3 Å². The van der Waals surface area contributed by atoms with Crippen LogP contribution in [0.25, 0.3) is 0 Å². The molecule has 130 valence electrons. The van der Waals surface area contributed by atoms with Crippen LogP contribution < -0.4 is 5.32 Å². The molecule has 0 fully saturated rings. The highest BCUT2D eigenvalue weighted by Gasteiger charge is 2.18. The number of esters is 1. The number of aliphatic imine (C=N–C) groups is 1. The molecule has 0 heterocycles. The summed E-state index contributed by atoms with van der Waals surface area (Å²) in [6, 6.07) is 0. The van der Waals surface area contributed by atoms with Crippen LogP contribution in [0.5, 0.6) is 0 Å². The molecule has 0 amide bonds. The summed E-state index contributed by atoms with van der Waals surface area (Å²) < 4.78 is 10.5. The van der Waals surface area contributed by atoms with Crippen molar-refractivity contribution in [2.75, 3.05) is 27.3 Å². The maximum atomic E-state index is 12.4. The van der Waals surface area contributed by atoms with E-state index < -0.39 is 0 Å². The van der Waals surface area contributed by atoms with Crippen LogP contribution in [0.3, 0.4) is 0 Å². The molecular formula is C18H30N2O3. The van der Waals surface area contributed by atoms with Gasteiger partial charge in [0.15, 0.2) is 0 Å². The number of ether oxygens (including phenoxy) is 2. The summed E-state index contributed by atoms with van der Waals surface area (Å²) in [5.41, 5.74) is 2.74. The van der Waals surface area contributed by atoms with Gasteiger partial charge in [-0.25, -0.2) is 4.79 Å². The quantitative estimate of drug-likeness (QED) is 0.307. The first-order chi connectivity index (χ1) is 11.1. The fourth-order valence-corrected chi connectivity index (χ4v) is 2.37. The first-order valence-corrected chi connectivity index (χ1v) is 8.42. The number of methoxy groups -OCH3 is 1. The standard InChI is InChI=1S/C18H30N2O3/c1-5-14(2)23-18(21)17(13-19-3)15-8-6-9-16(12-15)20-10-7-11-22-4/h12-14,20H,5-11H2,1-4H3/b17-15-,19-13-. The number of allylic oxidation sites excluding steroid dienone is 3. The predicted octanol–water partition coefficient (Wildman–Crippen LogP) is 3.02. The summed E-state index contributed by atoms with van der Waals surface area (Å²) >= 11 is 0. The van der Waals surface area contributed by atoms with Gasteiger partial charge in [0.05, 0.1) is 11.7 Å². The Kier molecular flexibility index (Phi) is 9.29. The summed E-state index contributed by atoms with van der Waals surface area (Å²) in [5, 5.41) is 3.42. The molecule has 1 N–H and O–H groups in total. The Balaban J connectivity index is 2.85. The summed E-state index contributed by atoms with van der Waals surface area (Å²) in [6.45, 7) is 5.53. The molecule has 1 aliphatic carbocycles. The van der Waals surface area contributed by atoms with Crippen LogP contribution >= 0.6 is 0 Å². The van der Waals surface area contributed by atoms with Crippen molar-refractivity contribution in [2.45, 2.75) is 52.1 Å². The van der Waals surface area contributed by atoms with E-state index in [2.05, 4.69) is 16.4 Å². The minimum atomic E-state index is -0.281.